The van der Waals surface area contributed by atoms with E-state index < -0.39 is 64.2 Å². The van der Waals surface area contributed by atoms with Gasteiger partial charge in [-0.15, -0.1) is 0 Å². The van der Waals surface area contributed by atoms with Crippen LogP contribution in [0.2, 0.25) is 5.02 Å². The van der Waals surface area contributed by atoms with Crippen molar-refractivity contribution in [1.82, 2.24) is 15.5 Å². The number of nitrogens with one attached hydrogen (secondary N) is 2. The molecule has 4 atom stereocenters. The Balaban J connectivity index is 1.67. The van der Waals surface area contributed by atoms with Crippen LogP contribution in [0.3, 0.4) is 0 Å². The molecule has 1 aliphatic carbocycles. The average molecular weight is 691 g/mol. The molecule has 1 saturated heterocycles. The molecule has 13 nitrogen and oxygen atoms in total. The number of likely N-dealkylation sites (tertiary alicyclic amines) is 1. The van der Waals surface area contributed by atoms with Crippen molar-refractivity contribution in [2.45, 2.75) is 110 Å². The molecular weight excluding hydrogens is 644 g/mol. The van der Waals surface area contributed by atoms with E-state index in [9.17, 15) is 24.0 Å². The van der Waals surface area contributed by atoms with Crippen LogP contribution in [0, 0.1) is 11.3 Å². The number of carbonyl (C=O) groups is 5. The van der Waals surface area contributed by atoms with E-state index in [0.717, 1.165) is 12.8 Å². The molecule has 264 valence electrons. The van der Waals surface area contributed by atoms with E-state index in [4.69, 9.17) is 30.6 Å². The normalized spacial score (nSPS) is 21.9. The van der Waals surface area contributed by atoms with Gasteiger partial charge in [0, 0.05) is 31.4 Å². The van der Waals surface area contributed by atoms with Crippen molar-refractivity contribution in [3.63, 3.8) is 0 Å². The molecule has 0 radical (unpaired) electrons. The van der Waals surface area contributed by atoms with Crippen molar-refractivity contribution in [1.29, 1.82) is 0 Å². The van der Waals surface area contributed by atoms with E-state index in [-0.39, 0.29) is 25.3 Å². The predicted octanol–water partition coefficient (Wildman–Crippen LogP) is 4.20. The maximum Gasteiger partial charge on any atom is 0.408 e. The number of carbonyl (C=O) groups excluding carboxylic acids is 5. The minimum absolute atomic E-state index is 0.0253. The van der Waals surface area contributed by atoms with Crippen LogP contribution in [0.1, 0.15) is 86.1 Å². The Morgan fingerprint density at radius 2 is 1.69 bits per heavy atom. The Bertz CT molecular complexity index is 1490. The third kappa shape index (κ3) is 8.58. The van der Waals surface area contributed by atoms with Gasteiger partial charge in [0.05, 0.1) is 37.5 Å². The molecule has 1 aromatic carbocycles. The zero-order chi connectivity index (χ0) is 35.8. The maximum absolute atomic E-state index is 14.4. The molecule has 0 aromatic heterocycles. The molecule has 2 aliphatic heterocycles. The van der Waals surface area contributed by atoms with Crippen LogP contribution in [0.5, 0.6) is 11.5 Å². The van der Waals surface area contributed by atoms with Gasteiger partial charge in [-0.3, -0.25) is 19.2 Å². The first kappa shape index (κ1) is 37.0. The van der Waals surface area contributed by atoms with Gasteiger partial charge in [0.2, 0.25) is 17.6 Å². The lowest BCUT2D eigenvalue weighted by atomic mass is 9.85. The number of Topliss-reactive ketones (excluding diaryl/α,β-unsaturated/α-hetero) is 2. The molecule has 1 spiro atoms. The van der Waals surface area contributed by atoms with Crippen molar-refractivity contribution >= 4 is 46.8 Å². The molecule has 14 heteroatoms. The lowest BCUT2D eigenvalue weighted by Gasteiger charge is -2.36. The summed E-state index contributed by atoms with van der Waals surface area (Å²) in [5.41, 5.74) is -1.69. The number of alkyl carbamates (subject to hydrolysis) is 1. The second-order valence-electron chi connectivity index (χ2n) is 15.0. The van der Waals surface area contributed by atoms with Gasteiger partial charge in [0.15, 0.2) is 11.4 Å². The van der Waals surface area contributed by atoms with Crippen LogP contribution < -0.4 is 20.1 Å². The number of amides is 3. The number of halogens is 1. The largest absolute Gasteiger partial charge is 0.496 e. The van der Waals surface area contributed by atoms with Crippen molar-refractivity contribution in [3.05, 3.63) is 22.7 Å². The molecule has 2 N–H and O–H groups in total. The second kappa shape index (κ2) is 13.9. The first-order valence-corrected chi connectivity index (χ1v) is 16.5. The number of oxime groups is 1. The fourth-order valence-electron chi connectivity index (χ4n) is 6.03. The highest BCUT2D eigenvalue weighted by Crippen LogP contribution is 2.43. The number of rotatable bonds is 11. The van der Waals surface area contributed by atoms with Crippen LogP contribution in [0.15, 0.2) is 17.3 Å². The SMILES string of the molecule is COc1cc(OC)c(C2=NO[C@]3(C2)C[C@@H](C(=O)N[C@@H](CC2CC2)C(=O)C(C)=O)N(C(=O)[C@@H](NC(=O)OC(C)(C)C)C(C)(C)C)C3)cc1Cl. The number of nitrogens with zero attached hydrogens (tertiary/aromatic N) is 2. The topological polar surface area (TPSA) is 162 Å². The van der Waals surface area contributed by atoms with Gasteiger partial charge in [-0.1, -0.05) is 50.4 Å². The van der Waals surface area contributed by atoms with Gasteiger partial charge in [-0.2, -0.15) is 0 Å². The molecule has 1 saturated carbocycles. The zero-order valence-corrected chi connectivity index (χ0v) is 29.9. The number of ketones is 2. The molecule has 0 unspecified atom stereocenters. The summed E-state index contributed by atoms with van der Waals surface area (Å²) in [5.74, 6) is -1.41. The highest BCUT2D eigenvalue weighted by Gasteiger charge is 2.56. The summed E-state index contributed by atoms with van der Waals surface area (Å²) in [6, 6.07) is 0.0603. The molecular formula is C34H47ClN4O9. The average Bonchev–Trinajstić information content (AvgIpc) is 3.59. The summed E-state index contributed by atoms with van der Waals surface area (Å²) < 4.78 is 16.3. The van der Waals surface area contributed by atoms with E-state index in [1.807, 2.05) is 0 Å². The molecule has 3 aliphatic rings. The second-order valence-corrected chi connectivity index (χ2v) is 15.4. The Kier molecular flexibility index (Phi) is 10.7. The Hall–Kier alpha value is -3.87. The third-order valence-corrected chi connectivity index (χ3v) is 8.93. The van der Waals surface area contributed by atoms with Crippen molar-refractivity contribution in [3.8, 4) is 11.5 Å². The van der Waals surface area contributed by atoms with E-state index >= 15 is 0 Å². The van der Waals surface area contributed by atoms with E-state index in [1.165, 1.54) is 26.0 Å². The van der Waals surface area contributed by atoms with Crippen LogP contribution in [-0.2, 0) is 28.8 Å². The Morgan fingerprint density at radius 3 is 2.23 bits per heavy atom. The molecule has 4 rings (SSSR count). The molecule has 1 aromatic rings. The zero-order valence-electron chi connectivity index (χ0n) is 29.2. The van der Waals surface area contributed by atoms with E-state index in [0.29, 0.717) is 34.2 Å². The highest BCUT2D eigenvalue weighted by atomic mass is 35.5. The van der Waals surface area contributed by atoms with E-state index in [2.05, 4.69) is 15.8 Å². The lowest BCUT2D eigenvalue weighted by molar-refractivity contribution is -0.143. The van der Waals surface area contributed by atoms with Gasteiger partial charge in [0.25, 0.3) is 0 Å². The monoisotopic (exact) mass is 690 g/mol. The summed E-state index contributed by atoms with van der Waals surface area (Å²) in [6.45, 7) is 11.6. The Labute approximate surface area is 286 Å². The van der Waals surface area contributed by atoms with Crippen molar-refractivity contribution in [2.75, 3.05) is 20.8 Å². The number of ether oxygens (including phenoxy) is 3. The van der Waals surface area contributed by atoms with Gasteiger partial charge in [-0.25, -0.2) is 4.79 Å². The molecule has 2 fully saturated rings. The lowest BCUT2D eigenvalue weighted by Crippen LogP contribution is -2.59. The first-order valence-electron chi connectivity index (χ1n) is 16.1. The first-order chi connectivity index (χ1) is 22.3. The van der Waals surface area contributed by atoms with Gasteiger partial charge < -0.3 is 34.6 Å². The third-order valence-electron chi connectivity index (χ3n) is 8.63. The van der Waals surface area contributed by atoms with Gasteiger partial charge >= 0.3 is 6.09 Å². The Morgan fingerprint density at radius 1 is 1.04 bits per heavy atom. The van der Waals surface area contributed by atoms with Crippen LogP contribution in [0.25, 0.3) is 0 Å². The maximum atomic E-state index is 14.4. The smallest absolute Gasteiger partial charge is 0.408 e. The molecule has 3 amide bonds. The number of methoxy groups -OCH3 is 2. The van der Waals surface area contributed by atoms with Crippen LogP contribution >= 0.6 is 11.6 Å². The van der Waals surface area contributed by atoms with Crippen LogP contribution in [-0.4, -0.2) is 90.2 Å². The van der Waals surface area contributed by atoms with Gasteiger partial charge in [0.1, 0.15) is 29.2 Å². The number of hydrogen-bond acceptors (Lipinski definition) is 10. The summed E-state index contributed by atoms with van der Waals surface area (Å²) in [4.78, 5) is 73.7. The minimum atomic E-state index is -1.13. The van der Waals surface area contributed by atoms with Crippen molar-refractivity contribution in [2.24, 2.45) is 16.5 Å². The molecule has 0 bridgehead atoms. The highest BCUT2D eigenvalue weighted by molar-refractivity contribution is 6.38. The standard InChI is InChI=1S/C34H47ClN4O9/c1-18(40)27(41)22(12-19-10-11-19)36-29(42)24-16-34(15-23(38-48-34)20-13-21(35)26(46-9)14-25(20)45-8)17-39(24)30(43)28(32(2,3)4)37-31(44)47-33(5,6)7/h13-14,19,22,24,28H,10-12,15-17H2,1-9H3,(H,36,42)(H,37,44)/t22-,24-,28+,34+/m0/s1. The predicted molar refractivity (Wildman–Crippen MR) is 177 cm³/mol. The summed E-state index contributed by atoms with van der Waals surface area (Å²) in [5, 5.41) is 10.2. The van der Waals surface area contributed by atoms with Gasteiger partial charge in [-0.05, 0) is 44.6 Å². The van der Waals surface area contributed by atoms with Crippen molar-refractivity contribution < 1.29 is 43.0 Å². The summed E-state index contributed by atoms with van der Waals surface area (Å²) in [7, 11) is 2.99. The quantitative estimate of drug-likeness (QED) is 0.324. The molecule has 2 heterocycles. The fraction of sp³-hybridized carbons (Fsp3) is 0.647. The summed E-state index contributed by atoms with van der Waals surface area (Å²) in [6.07, 6.45) is 1.58. The van der Waals surface area contributed by atoms with Crippen LogP contribution in [0.4, 0.5) is 4.79 Å². The number of benzene rings is 1. The minimum Gasteiger partial charge on any atom is -0.496 e. The molecule has 48 heavy (non-hydrogen) atoms. The fourth-order valence-corrected chi connectivity index (χ4v) is 6.27. The summed E-state index contributed by atoms with van der Waals surface area (Å²) >= 11 is 6.43. The van der Waals surface area contributed by atoms with E-state index in [1.54, 1.807) is 53.7 Å². The number of hydrogen-bond donors (Lipinski definition) is 2.